The SMILES string of the molecule is CC(C)C(=O)Nc1ccc(CNC(=O)c2cc3c(s2)CCC3)cc1. The van der Waals surface area contributed by atoms with Crippen LogP contribution in [0.5, 0.6) is 0 Å². The van der Waals surface area contributed by atoms with Crippen LogP contribution >= 0.6 is 11.3 Å². The first-order valence-electron chi connectivity index (χ1n) is 8.32. The fourth-order valence-corrected chi connectivity index (χ4v) is 3.87. The number of hydrogen-bond acceptors (Lipinski definition) is 3. The Balaban J connectivity index is 1.54. The second kappa shape index (κ2) is 7.18. The van der Waals surface area contributed by atoms with Gasteiger partial charge in [0.05, 0.1) is 4.88 Å². The van der Waals surface area contributed by atoms with Crippen LogP contribution in [0, 0.1) is 5.92 Å². The van der Waals surface area contributed by atoms with Gasteiger partial charge < -0.3 is 10.6 Å². The van der Waals surface area contributed by atoms with E-state index in [1.165, 1.54) is 16.9 Å². The molecule has 2 N–H and O–H groups in total. The topological polar surface area (TPSA) is 58.2 Å². The van der Waals surface area contributed by atoms with Gasteiger partial charge in [0.1, 0.15) is 0 Å². The summed E-state index contributed by atoms with van der Waals surface area (Å²) in [6.45, 7) is 4.21. The quantitative estimate of drug-likeness (QED) is 0.869. The summed E-state index contributed by atoms with van der Waals surface area (Å²) < 4.78 is 0. The van der Waals surface area contributed by atoms with Crippen molar-refractivity contribution in [1.29, 1.82) is 0 Å². The Morgan fingerprint density at radius 1 is 1.17 bits per heavy atom. The Bertz CT molecular complexity index is 726. The van der Waals surface area contributed by atoms with Crippen molar-refractivity contribution in [1.82, 2.24) is 5.32 Å². The standard InChI is InChI=1S/C19H22N2O2S/c1-12(2)18(22)21-15-8-6-13(7-9-15)11-20-19(23)17-10-14-4-3-5-16(14)24-17/h6-10,12H,3-5,11H2,1-2H3,(H,20,23)(H,21,22). The minimum Gasteiger partial charge on any atom is -0.347 e. The van der Waals surface area contributed by atoms with E-state index in [4.69, 9.17) is 0 Å². The van der Waals surface area contributed by atoms with E-state index in [9.17, 15) is 9.59 Å². The first-order chi connectivity index (χ1) is 11.5. The normalized spacial score (nSPS) is 13.0. The van der Waals surface area contributed by atoms with E-state index in [0.29, 0.717) is 6.54 Å². The monoisotopic (exact) mass is 342 g/mol. The molecule has 126 valence electrons. The zero-order chi connectivity index (χ0) is 17.1. The van der Waals surface area contributed by atoms with Gasteiger partial charge in [0.25, 0.3) is 5.91 Å². The maximum Gasteiger partial charge on any atom is 0.261 e. The van der Waals surface area contributed by atoms with Crippen LogP contribution in [0.3, 0.4) is 0 Å². The largest absolute Gasteiger partial charge is 0.347 e. The Labute approximate surface area is 146 Å². The average molecular weight is 342 g/mol. The number of thiophene rings is 1. The molecule has 1 aromatic carbocycles. The maximum atomic E-state index is 12.3. The van der Waals surface area contributed by atoms with Crippen molar-refractivity contribution in [3.05, 3.63) is 51.2 Å². The summed E-state index contributed by atoms with van der Waals surface area (Å²) in [5, 5.41) is 5.82. The first kappa shape index (κ1) is 16.7. The van der Waals surface area contributed by atoms with Crippen LogP contribution in [0.1, 0.15) is 45.9 Å². The van der Waals surface area contributed by atoms with Gasteiger partial charge in [-0.1, -0.05) is 26.0 Å². The van der Waals surface area contributed by atoms with Gasteiger partial charge in [-0.2, -0.15) is 0 Å². The van der Waals surface area contributed by atoms with Gasteiger partial charge in [0.2, 0.25) is 5.91 Å². The Morgan fingerprint density at radius 2 is 1.92 bits per heavy atom. The molecular weight excluding hydrogens is 320 g/mol. The zero-order valence-corrected chi connectivity index (χ0v) is 14.8. The second-order valence-electron chi connectivity index (χ2n) is 6.44. The third-order valence-corrected chi connectivity index (χ3v) is 5.41. The summed E-state index contributed by atoms with van der Waals surface area (Å²) in [5.41, 5.74) is 3.13. The summed E-state index contributed by atoms with van der Waals surface area (Å²) in [5.74, 6) is -0.0511. The Hall–Kier alpha value is -2.14. The number of carbonyl (C=O) groups is 2. The molecule has 1 heterocycles. The lowest BCUT2D eigenvalue weighted by Gasteiger charge is -2.09. The molecule has 2 aromatic rings. The molecule has 0 aliphatic heterocycles. The Kier molecular flexibility index (Phi) is 5.00. The number of amides is 2. The van der Waals surface area contributed by atoms with Crippen LogP contribution in [0.4, 0.5) is 5.69 Å². The van der Waals surface area contributed by atoms with Crippen LogP contribution in [0.2, 0.25) is 0 Å². The summed E-state index contributed by atoms with van der Waals surface area (Å²) >= 11 is 1.62. The lowest BCUT2D eigenvalue weighted by atomic mass is 10.1. The number of benzene rings is 1. The summed E-state index contributed by atoms with van der Waals surface area (Å²) in [6, 6.07) is 9.60. The molecular formula is C19H22N2O2S. The highest BCUT2D eigenvalue weighted by atomic mass is 32.1. The third-order valence-electron chi connectivity index (χ3n) is 4.17. The van der Waals surface area contributed by atoms with Crippen molar-refractivity contribution < 1.29 is 9.59 Å². The molecule has 0 atom stereocenters. The van der Waals surface area contributed by atoms with E-state index in [2.05, 4.69) is 10.6 Å². The lowest BCUT2D eigenvalue weighted by Crippen LogP contribution is -2.22. The van der Waals surface area contributed by atoms with Crippen molar-refractivity contribution in [2.24, 2.45) is 5.92 Å². The van der Waals surface area contributed by atoms with Gasteiger partial charge in [-0.3, -0.25) is 9.59 Å². The van der Waals surface area contributed by atoms with Crippen molar-refractivity contribution >= 4 is 28.8 Å². The molecule has 2 amide bonds. The van der Waals surface area contributed by atoms with Gasteiger partial charge in [-0.25, -0.2) is 0 Å². The minimum atomic E-state index is -0.0450. The lowest BCUT2D eigenvalue weighted by molar-refractivity contribution is -0.118. The number of hydrogen-bond donors (Lipinski definition) is 2. The van der Waals surface area contributed by atoms with Crippen LogP contribution in [0.25, 0.3) is 0 Å². The number of rotatable bonds is 5. The fourth-order valence-electron chi connectivity index (χ4n) is 2.70. The highest BCUT2D eigenvalue weighted by molar-refractivity contribution is 7.14. The second-order valence-corrected chi connectivity index (χ2v) is 7.57. The number of fused-ring (bicyclic) bond motifs is 1. The summed E-state index contributed by atoms with van der Waals surface area (Å²) in [4.78, 5) is 26.1. The molecule has 24 heavy (non-hydrogen) atoms. The fraction of sp³-hybridized carbons (Fsp3) is 0.368. The van der Waals surface area contributed by atoms with Crippen molar-refractivity contribution in [2.75, 3.05) is 5.32 Å². The smallest absolute Gasteiger partial charge is 0.261 e. The maximum absolute atomic E-state index is 12.3. The van der Waals surface area contributed by atoms with E-state index < -0.39 is 0 Å². The van der Waals surface area contributed by atoms with E-state index >= 15 is 0 Å². The van der Waals surface area contributed by atoms with Crippen LogP contribution in [0.15, 0.2) is 30.3 Å². The molecule has 1 aliphatic carbocycles. The van der Waals surface area contributed by atoms with Crippen molar-refractivity contribution in [3.8, 4) is 0 Å². The van der Waals surface area contributed by atoms with Crippen LogP contribution in [-0.2, 0) is 24.2 Å². The molecule has 0 saturated carbocycles. The molecule has 0 spiro atoms. The highest BCUT2D eigenvalue weighted by Gasteiger charge is 2.18. The number of aryl methyl sites for hydroxylation is 2. The number of nitrogens with one attached hydrogen (secondary N) is 2. The molecule has 4 nitrogen and oxygen atoms in total. The first-order valence-corrected chi connectivity index (χ1v) is 9.14. The van der Waals surface area contributed by atoms with E-state index in [1.807, 2.05) is 44.2 Å². The molecule has 0 fully saturated rings. The van der Waals surface area contributed by atoms with Crippen LogP contribution in [-0.4, -0.2) is 11.8 Å². The molecule has 1 aromatic heterocycles. The van der Waals surface area contributed by atoms with Gasteiger partial charge in [0.15, 0.2) is 0 Å². The van der Waals surface area contributed by atoms with E-state index in [-0.39, 0.29) is 17.7 Å². The predicted octanol–water partition coefficient (Wildman–Crippen LogP) is 3.76. The third kappa shape index (κ3) is 3.85. The number of carbonyl (C=O) groups excluding carboxylic acids is 2. The molecule has 0 bridgehead atoms. The van der Waals surface area contributed by atoms with E-state index in [0.717, 1.165) is 29.0 Å². The average Bonchev–Trinajstić information content (AvgIpc) is 3.15. The predicted molar refractivity (Wildman–Crippen MR) is 97.4 cm³/mol. The van der Waals surface area contributed by atoms with Crippen molar-refractivity contribution in [2.45, 2.75) is 39.7 Å². The molecule has 0 unspecified atom stereocenters. The van der Waals surface area contributed by atoms with Crippen LogP contribution < -0.4 is 10.6 Å². The molecule has 3 rings (SSSR count). The van der Waals surface area contributed by atoms with Gasteiger partial charge >= 0.3 is 0 Å². The van der Waals surface area contributed by atoms with E-state index in [1.54, 1.807) is 11.3 Å². The Morgan fingerprint density at radius 3 is 2.58 bits per heavy atom. The molecule has 0 radical (unpaired) electrons. The van der Waals surface area contributed by atoms with Gasteiger partial charge in [-0.05, 0) is 48.6 Å². The molecule has 5 heteroatoms. The molecule has 1 aliphatic rings. The summed E-state index contributed by atoms with van der Waals surface area (Å²) in [7, 11) is 0. The van der Waals surface area contributed by atoms with Gasteiger partial charge in [0, 0.05) is 23.0 Å². The number of anilines is 1. The minimum absolute atomic E-state index is 0.00166. The van der Waals surface area contributed by atoms with Gasteiger partial charge in [-0.15, -0.1) is 11.3 Å². The summed E-state index contributed by atoms with van der Waals surface area (Å²) in [6.07, 6.45) is 3.42. The molecule has 0 saturated heterocycles. The van der Waals surface area contributed by atoms with Crippen molar-refractivity contribution in [3.63, 3.8) is 0 Å². The highest BCUT2D eigenvalue weighted by Crippen LogP contribution is 2.30. The zero-order valence-electron chi connectivity index (χ0n) is 14.0.